The molecule has 61 heavy (non-hydrogen) atoms. The number of nitrogens with zero attached hydrogens (tertiary/aromatic N) is 1. The maximum Gasteiger partial charge on any atom is 0.472 e. The molecular weight excluding hydrogens is 790 g/mol. The van der Waals surface area contributed by atoms with Crippen LogP contribution >= 0.6 is 7.82 Å². The van der Waals surface area contributed by atoms with Gasteiger partial charge in [-0.2, -0.15) is 0 Å². The van der Waals surface area contributed by atoms with Gasteiger partial charge >= 0.3 is 19.8 Å². The van der Waals surface area contributed by atoms with Gasteiger partial charge in [0.1, 0.15) is 19.8 Å². The van der Waals surface area contributed by atoms with Crippen LogP contribution in [0.3, 0.4) is 0 Å². The smallest absolute Gasteiger partial charge is 0.462 e. The SMILES string of the molecule is CCCCC/C=C\C/C=C\CCCCCCCCCCCC(=O)OC[C@H](COP(=O)(O)OCC[N+](C)(C)C)OC(=O)CCC/C=C\C/C=C\C/C=C\C/C=C\C=C\[C@H](O)CC. The van der Waals surface area contributed by atoms with E-state index in [-0.39, 0.29) is 32.2 Å². The van der Waals surface area contributed by atoms with E-state index in [2.05, 4.69) is 61.6 Å². The lowest BCUT2D eigenvalue weighted by atomic mass is 10.1. The highest BCUT2D eigenvalue weighted by molar-refractivity contribution is 7.47. The van der Waals surface area contributed by atoms with Crippen molar-refractivity contribution in [2.24, 2.45) is 0 Å². The topological polar surface area (TPSA) is 129 Å². The molecule has 0 saturated carbocycles. The van der Waals surface area contributed by atoms with Crippen LogP contribution in [0, 0.1) is 0 Å². The molecule has 10 nitrogen and oxygen atoms in total. The summed E-state index contributed by atoms with van der Waals surface area (Å²) < 4.78 is 34.3. The molecule has 11 heteroatoms. The van der Waals surface area contributed by atoms with E-state index in [0.29, 0.717) is 30.3 Å². The van der Waals surface area contributed by atoms with Crippen molar-refractivity contribution < 1.29 is 47.2 Å². The maximum atomic E-state index is 12.7. The predicted octanol–water partition coefficient (Wildman–Crippen LogP) is 12.5. The molecular formula is C50H87NO9P+. The second-order valence-corrected chi connectivity index (χ2v) is 18.1. The van der Waals surface area contributed by atoms with Gasteiger partial charge in [0.05, 0.1) is 33.9 Å². The lowest BCUT2D eigenvalue weighted by molar-refractivity contribution is -0.870. The van der Waals surface area contributed by atoms with Gasteiger partial charge < -0.3 is 24.0 Å². The van der Waals surface area contributed by atoms with Gasteiger partial charge in [0, 0.05) is 12.8 Å². The number of carbonyl (C=O) groups excluding carboxylic acids is 2. The molecule has 0 aromatic heterocycles. The summed E-state index contributed by atoms with van der Waals surface area (Å²) in [5, 5.41) is 9.49. The molecule has 0 amide bonds. The molecule has 0 aliphatic carbocycles. The number of likely N-dealkylation sites (N-methyl/N-ethyl adjacent to an activating group) is 1. The van der Waals surface area contributed by atoms with E-state index in [1.54, 1.807) is 6.08 Å². The summed E-state index contributed by atoms with van der Waals surface area (Å²) in [4.78, 5) is 35.4. The van der Waals surface area contributed by atoms with Crippen LogP contribution in [0.4, 0.5) is 0 Å². The zero-order chi connectivity index (χ0) is 45.1. The minimum Gasteiger partial charge on any atom is -0.462 e. The number of ether oxygens (including phenoxy) is 2. The average molecular weight is 877 g/mol. The fraction of sp³-hybridized carbons (Fsp3) is 0.680. The number of aliphatic hydroxyl groups excluding tert-OH is 1. The summed E-state index contributed by atoms with van der Waals surface area (Å²) in [6, 6.07) is 0. The van der Waals surface area contributed by atoms with Crippen molar-refractivity contribution in [2.45, 2.75) is 174 Å². The molecule has 1 unspecified atom stereocenters. The van der Waals surface area contributed by atoms with E-state index in [1.807, 2.05) is 52.4 Å². The summed E-state index contributed by atoms with van der Waals surface area (Å²) in [6.07, 6.45) is 50.2. The highest BCUT2D eigenvalue weighted by Gasteiger charge is 2.27. The molecule has 0 aliphatic heterocycles. The Morgan fingerprint density at radius 3 is 1.64 bits per heavy atom. The summed E-state index contributed by atoms with van der Waals surface area (Å²) >= 11 is 0. The first-order chi connectivity index (χ1) is 29.4. The standard InChI is InChI=1S/C50H86NO9P/c1-6-8-9-10-11-12-13-14-15-16-17-18-19-23-26-29-32-35-38-41-49(53)57-45-48(46-59-61(55,56)58-44-43-51(3,4)5)60-50(54)42-39-36-33-30-27-24-21-20-22-25-28-31-34-37-40-47(52)7-2/h11-12,14-15,21-22,24-25,30-31,33-34,37,40,47-48,52H,6-10,13,16-20,23,26-29,32,35-36,38-39,41-46H2,1-5H3/p+1/b12-11-,15-14-,24-21-,25-22-,33-30-,34-31-,40-37+/t47-,48-/m1/s1. The van der Waals surface area contributed by atoms with E-state index in [1.165, 1.54) is 57.8 Å². The molecule has 0 rings (SSSR count). The molecule has 3 atom stereocenters. The molecule has 0 spiro atoms. The third-order valence-corrected chi connectivity index (χ3v) is 10.6. The molecule has 0 aromatic rings. The Hall–Kier alpha value is -2.85. The van der Waals surface area contributed by atoms with Crippen LogP contribution in [0.2, 0.25) is 0 Å². The van der Waals surface area contributed by atoms with Crippen LogP contribution in [0.1, 0.15) is 162 Å². The third kappa shape index (κ3) is 45.0. The first-order valence-corrected chi connectivity index (χ1v) is 24.9. The zero-order valence-electron chi connectivity index (χ0n) is 39.0. The summed E-state index contributed by atoms with van der Waals surface area (Å²) in [5.41, 5.74) is 0. The number of carbonyl (C=O) groups is 2. The first kappa shape index (κ1) is 58.1. The van der Waals surface area contributed by atoms with Crippen LogP contribution in [0.25, 0.3) is 0 Å². The Kier molecular flexibility index (Phi) is 39.3. The first-order valence-electron chi connectivity index (χ1n) is 23.4. The van der Waals surface area contributed by atoms with Crippen molar-refractivity contribution in [3.8, 4) is 0 Å². The fourth-order valence-corrected chi connectivity index (χ4v) is 6.48. The van der Waals surface area contributed by atoms with Crippen molar-refractivity contribution in [2.75, 3.05) is 47.5 Å². The Morgan fingerprint density at radius 2 is 1.08 bits per heavy atom. The van der Waals surface area contributed by atoms with Crippen molar-refractivity contribution in [3.63, 3.8) is 0 Å². The normalized spacial score (nSPS) is 14.8. The van der Waals surface area contributed by atoms with Gasteiger partial charge in [-0.25, -0.2) is 4.57 Å². The van der Waals surface area contributed by atoms with Gasteiger partial charge in [0.15, 0.2) is 6.10 Å². The highest BCUT2D eigenvalue weighted by Crippen LogP contribution is 2.43. The molecule has 350 valence electrons. The summed E-state index contributed by atoms with van der Waals surface area (Å²) in [7, 11) is 1.40. The van der Waals surface area contributed by atoms with Gasteiger partial charge in [-0.15, -0.1) is 0 Å². The molecule has 0 aliphatic rings. The monoisotopic (exact) mass is 877 g/mol. The van der Waals surface area contributed by atoms with E-state index in [4.69, 9.17) is 18.5 Å². The van der Waals surface area contributed by atoms with Crippen molar-refractivity contribution in [1.29, 1.82) is 0 Å². The summed E-state index contributed by atoms with van der Waals surface area (Å²) in [5.74, 6) is -0.897. The number of esters is 2. The molecule has 0 aromatic carbocycles. The fourth-order valence-electron chi connectivity index (χ4n) is 5.74. The Bertz CT molecular complexity index is 1330. The number of hydrogen-bond donors (Lipinski definition) is 2. The number of quaternary nitrogens is 1. The lowest BCUT2D eigenvalue weighted by Gasteiger charge is -2.24. The number of unbranched alkanes of at least 4 members (excludes halogenated alkanes) is 13. The van der Waals surface area contributed by atoms with Crippen LogP contribution in [-0.4, -0.2) is 86.1 Å². The van der Waals surface area contributed by atoms with Gasteiger partial charge in [-0.1, -0.05) is 157 Å². The average Bonchev–Trinajstić information content (AvgIpc) is 3.21. The van der Waals surface area contributed by atoms with E-state index in [9.17, 15) is 24.2 Å². The molecule has 2 N–H and O–H groups in total. The Labute approximate surface area is 372 Å². The summed E-state index contributed by atoms with van der Waals surface area (Å²) in [6.45, 7) is 3.97. The second-order valence-electron chi connectivity index (χ2n) is 16.6. The van der Waals surface area contributed by atoms with Crippen LogP contribution < -0.4 is 0 Å². The number of allylic oxidation sites excluding steroid dienone is 13. The molecule has 0 saturated heterocycles. The van der Waals surface area contributed by atoms with Crippen LogP contribution in [0.5, 0.6) is 0 Å². The van der Waals surface area contributed by atoms with E-state index < -0.39 is 32.5 Å². The number of phosphoric acid groups is 1. The van der Waals surface area contributed by atoms with E-state index in [0.717, 1.165) is 57.8 Å². The van der Waals surface area contributed by atoms with Gasteiger partial charge in [-0.3, -0.25) is 18.6 Å². The van der Waals surface area contributed by atoms with Crippen molar-refractivity contribution in [3.05, 3.63) is 85.1 Å². The number of aliphatic hydroxyl groups is 1. The van der Waals surface area contributed by atoms with Gasteiger partial charge in [0.25, 0.3) is 0 Å². The minimum absolute atomic E-state index is 0.00943. The molecule has 0 bridgehead atoms. The van der Waals surface area contributed by atoms with Gasteiger partial charge in [-0.05, 0) is 77.0 Å². The van der Waals surface area contributed by atoms with Crippen LogP contribution in [0.15, 0.2) is 85.1 Å². The highest BCUT2D eigenvalue weighted by atomic mass is 31.2. The quantitative estimate of drug-likeness (QED) is 0.0154. The third-order valence-electron chi connectivity index (χ3n) is 9.57. The lowest BCUT2D eigenvalue weighted by Crippen LogP contribution is -2.37. The van der Waals surface area contributed by atoms with Crippen molar-refractivity contribution >= 4 is 19.8 Å². The van der Waals surface area contributed by atoms with Crippen molar-refractivity contribution in [1.82, 2.24) is 0 Å². The van der Waals surface area contributed by atoms with E-state index >= 15 is 0 Å². The number of phosphoric ester groups is 1. The molecule has 0 fully saturated rings. The predicted molar refractivity (Wildman–Crippen MR) is 253 cm³/mol. The largest absolute Gasteiger partial charge is 0.472 e. The Balaban J connectivity index is 4.44. The van der Waals surface area contributed by atoms with Gasteiger partial charge in [0.2, 0.25) is 0 Å². The number of hydrogen-bond acceptors (Lipinski definition) is 8. The molecule has 0 heterocycles. The number of rotatable bonds is 41. The zero-order valence-corrected chi connectivity index (χ0v) is 39.9. The minimum atomic E-state index is -4.41. The maximum absolute atomic E-state index is 12.7. The second kappa shape index (κ2) is 41.2. The van der Waals surface area contributed by atoms with Crippen LogP contribution in [-0.2, 0) is 32.7 Å². The Morgan fingerprint density at radius 1 is 0.590 bits per heavy atom. The molecule has 0 radical (unpaired) electrons.